The number of aliphatic carboxylic acids is 1. The molecule has 0 aliphatic rings. The average Bonchev–Trinajstić information content (AvgIpc) is 1.88. The fourth-order valence-corrected chi connectivity index (χ4v) is 1.23. The molecule has 0 amide bonds. The second-order valence-corrected chi connectivity index (χ2v) is 2.91. The summed E-state index contributed by atoms with van der Waals surface area (Å²) >= 11 is 0. The Morgan fingerprint density at radius 1 is 1.73 bits per heavy atom. The zero-order chi connectivity index (χ0) is 8.85. The van der Waals surface area contributed by atoms with Crippen molar-refractivity contribution in [3.8, 4) is 0 Å². The van der Waals surface area contributed by atoms with Gasteiger partial charge in [0.1, 0.15) is 6.61 Å². The first-order chi connectivity index (χ1) is 5.13. The molecule has 0 bridgehead atoms. The lowest BCUT2D eigenvalue weighted by molar-refractivity contribution is -0.131. The van der Waals surface area contributed by atoms with E-state index in [1.165, 1.54) is 13.0 Å². The van der Waals surface area contributed by atoms with Crippen molar-refractivity contribution in [1.29, 1.82) is 0 Å². The SMILES string of the molecule is CC=C(C(=O)O)[P+](=O)OCC. The van der Waals surface area contributed by atoms with Crippen LogP contribution in [0, 0.1) is 0 Å². The van der Waals surface area contributed by atoms with Crippen LogP contribution < -0.4 is 0 Å². The number of rotatable bonds is 4. The number of carbonyl (C=O) groups is 1. The molecule has 0 aliphatic carbocycles. The summed E-state index contributed by atoms with van der Waals surface area (Å²) in [6.45, 7) is 3.41. The molecule has 0 aromatic heterocycles. The average molecular weight is 177 g/mol. The van der Waals surface area contributed by atoms with Crippen LogP contribution in [0.2, 0.25) is 0 Å². The van der Waals surface area contributed by atoms with E-state index < -0.39 is 14.0 Å². The van der Waals surface area contributed by atoms with Crippen LogP contribution in [0.1, 0.15) is 13.8 Å². The first-order valence-electron chi connectivity index (χ1n) is 3.13. The van der Waals surface area contributed by atoms with E-state index >= 15 is 0 Å². The van der Waals surface area contributed by atoms with Gasteiger partial charge < -0.3 is 5.11 Å². The predicted molar refractivity (Wildman–Crippen MR) is 40.6 cm³/mol. The number of carboxylic acids is 1. The summed E-state index contributed by atoms with van der Waals surface area (Å²) < 4.78 is 15.5. The van der Waals surface area contributed by atoms with Crippen molar-refractivity contribution < 1.29 is 19.0 Å². The molecule has 62 valence electrons. The van der Waals surface area contributed by atoms with Crippen molar-refractivity contribution in [2.45, 2.75) is 13.8 Å². The number of carboxylic acid groups (broad SMARTS) is 1. The van der Waals surface area contributed by atoms with Crippen LogP contribution in [0.5, 0.6) is 0 Å². The van der Waals surface area contributed by atoms with E-state index in [4.69, 9.17) is 5.11 Å². The maximum atomic E-state index is 10.9. The minimum absolute atomic E-state index is 0.179. The lowest BCUT2D eigenvalue weighted by Gasteiger charge is -1.84. The van der Waals surface area contributed by atoms with Crippen molar-refractivity contribution in [3.63, 3.8) is 0 Å². The highest BCUT2D eigenvalue weighted by Crippen LogP contribution is 2.32. The third kappa shape index (κ3) is 3.25. The normalized spacial score (nSPS) is 12.9. The number of hydrogen-bond donors (Lipinski definition) is 1. The van der Waals surface area contributed by atoms with Crippen LogP contribution in [0.3, 0.4) is 0 Å². The van der Waals surface area contributed by atoms with Gasteiger partial charge in [0.05, 0.1) is 0 Å². The van der Waals surface area contributed by atoms with E-state index in [2.05, 4.69) is 4.52 Å². The molecule has 0 aliphatic heterocycles. The molecule has 0 saturated carbocycles. The van der Waals surface area contributed by atoms with Crippen LogP contribution in [-0.2, 0) is 13.9 Å². The van der Waals surface area contributed by atoms with Gasteiger partial charge in [-0.25, -0.2) is 4.79 Å². The summed E-state index contributed by atoms with van der Waals surface area (Å²) in [4.78, 5) is 10.3. The van der Waals surface area contributed by atoms with Crippen molar-refractivity contribution in [1.82, 2.24) is 0 Å². The molecular weight excluding hydrogens is 167 g/mol. The van der Waals surface area contributed by atoms with Crippen LogP contribution >= 0.6 is 8.03 Å². The van der Waals surface area contributed by atoms with Gasteiger partial charge in [0.2, 0.25) is 0 Å². The van der Waals surface area contributed by atoms with Gasteiger partial charge in [-0.15, -0.1) is 4.52 Å². The van der Waals surface area contributed by atoms with Gasteiger partial charge in [-0.2, -0.15) is 0 Å². The fraction of sp³-hybridized carbons (Fsp3) is 0.500. The Morgan fingerprint density at radius 3 is 2.55 bits per heavy atom. The first kappa shape index (κ1) is 10.3. The van der Waals surface area contributed by atoms with Crippen molar-refractivity contribution in [2.24, 2.45) is 0 Å². The molecule has 0 saturated heterocycles. The van der Waals surface area contributed by atoms with Gasteiger partial charge in [0.15, 0.2) is 0 Å². The third-order valence-corrected chi connectivity index (χ3v) is 2.27. The van der Waals surface area contributed by atoms with Gasteiger partial charge >= 0.3 is 19.3 Å². The largest absolute Gasteiger partial charge is 0.556 e. The zero-order valence-electron chi connectivity index (χ0n) is 6.40. The number of allylic oxidation sites excluding steroid dienone is 1. The zero-order valence-corrected chi connectivity index (χ0v) is 7.30. The Hall–Kier alpha value is -0.730. The van der Waals surface area contributed by atoms with Crippen LogP contribution in [0.25, 0.3) is 0 Å². The molecule has 1 atom stereocenters. The molecule has 11 heavy (non-hydrogen) atoms. The summed E-state index contributed by atoms with van der Waals surface area (Å²) in [6, 6.07) is 0. The number of hydrogen-bond acceptors (Lipinski definition) is 3. The van der Waals surface area contributed by atoms with Gasteiger partial charge in [-0.3, -0.25) is 0 Å². The lowest BCUT2D eigenvalue weighted by atomic mass is 10.5. The van der Waals surface area contributed by atoms with Crippen molar-refractivity contribution >= 4 is 14.0 Å². The van der Waals surface area contributed by atoms with E-state index in [0.29, 0.717) is 0 Å². The minimum atomic E-state index is -2.17. The molecule has 0 heterocycles. The van der Waals surface area contributed by atoms with Gasteiger partial charge in [-0.05, 0) is 24.5 Å². The maximum Gasteiger partial charge on any atom is 0.556 e. The summed E-state index contributed by atoms with van der Waals surface area (Å²) in [5.41, 5.74) is 0. The topological polar surface area (TPSA) is 63.6 Å². The highest BCUT2D eigenvalue weighted by Gasteiger charge is 2.31. The molecule has 4 nitrogen and oxygen atoms in total. The van der Waals surface area contributed by atoms with Gasteiger partial charge in [0.25, 0.3) is 0 Å². The summed E-state index contributed by atoms with van der Waals surface area (Å²) in [7, 11) is -2.17. The fourth-order valence-electron chi connectivity index (χ4n) is 0.494. The van der Waals surface area contributed by atoms with Gasteiger partial charge in [0, 0.05) is 0 Å². The molecule has 1 unspecified atom stereocenters. The molecule has 0 fully saturated rings. The predicted octanol–water partition coefficient (Wildman–Crippen LogP) is 1.75. The second kappa shape index (κ2) is 4.99. The third-order valence-electron chi connectivity index (χ3n) is 0.936. The Kier molecular flexibility index (Phi) is 4.66. The second-order valence-electron chi connectivity index (χ2n) is 1.65. The molecule has 0 aromatic carbocycles. The Bertz CT molecular complexity index is 197. The van der Waals surface area contributed by atoms with Crippen molar-refractivity contribution in [3.05, 3.63) is 11.4 Å². The van der Waals surface area contributed by atoms with E-state index in [1.54, 1.807) is 6.92 Å². The van der Waals surface area contributed by atoms with E-state index in [1.807, 2.05) is 0 Å². The Labute approximate surface area is 65.7 Å². The molecule has 0 radical (unpaired) electrons. The highest BCUT2D eigenvalue weighted by atomic mass is 31.1. The van der Waals surface area contributed by atoms with Crippen LogP contribution in [-0.4, -0.2) is 17.7 Å². The van der Waals surface area contributed by atoms with E-state index in [0.717, 1.165) is 0 Å². The highest BCUT2D eigenvalue weighted by molar-refractivity contribution is 7.46. The van der Waals surface area contributed by atoms with Crippen LogP contribution in [0.15, 0.2) is 11.4 Å². The molecule has 1 N–H and O–H groups in total. The smallest absolute Gasteiger partial charge is 0.475 e. The summed E-state index contributed by atoms with van der Waals surface area (Å²) in [6.07, 6.45) is 1.27. The summed E-state index contributed by atoms with van der Waals surface area (Å²) in [5, 5.41) is 8.26. The van der Waals surface area contributed by atoms with E-state index in [-0.39, 0.29) is 11.9 Å². The lowest BCUT2D eigenvalue weighted by Crippen LogP contribution is -1.97. The van der Waals surface area contributed by atoms with Crippen molar-refractivity contribution in [2.75, 3.05) is 6.61 Å². The Balaban J connectivity index is 4.29. The van der Waals surface area contributed by atoms with Crippen LogP contribution in [0.4, 0.5) is 0 Å². The first-order valence-corrected chi connectivity index (χ1v) is 4.31. The van der Waals surface area contributed by atoms with E-state index in [9.17, 15) is 9.36 Å². The Morgan fingerprint density at radius 2 is 2.27 bits per heavy atom. The van der Waals surface area contributed by atoms with Gasteiger partial charge in [-0.1, -0.05) is 0 Å². The molecule has 5 heteroatoms. The minimum Gasteiger partial charge on any atom is -0.475 e. The monoisotopic (exact) mass is 177 g/mol. The quantitative estimate of drug-likeness (QED) is 0.524. The maximum absolute atomic E-state index is 10.9. The molecular formula is C6H10O4P+. The summed E-state index contributed by atoms with van der Waals surface area (Å²) in [5.74, 6) is -1.19. The molecule has 0 rings (SSSR count). The molecule has 0 spiro atoms. The standard InChI is InChI=1S/C6H9O4P/c1-3-5(6(7)8)11(9)10-4-2/h3H,4H2,1-2H3/p+1. The molecule has 0 aromatic rings.